The lowest BCUT2D eigenvalue weighted by Crippen LogP contribution is -2.74. The van der Waals surface area contributed by atoms with Crippen molar-refractivity contribution in [3.8, 4) is 0 Å². The van der Waals surface area contributed by atoms with Crippen molar-refractivity contribution in [3.05, 3.63) is 0 Å². The van der Waals surface area contributed by atoms with E-state index in [1.165, 1.54) is 0 Å². The quantitative estimate of drug-likeness (QED) is 0.135. The van der Waals surface area contributed by atoms with Crippen molar-refractivity contribution in [1.29, 1.82) is 0 Å². The molecular formula is C16Br2F34. The molecule has 0 aromatic carbocycles. The van der Waals surface area contributed by atoms with Gasteiger partial charge in [-0.25, -0.2) is 0 Å². The van der Waals surface area contributed by atoms with Gasteiger partial charge in [-0.1, -0.05) is 0 Å². The Balaban J connectivity index is 0. The molecule has 0 heterocycles. The average molecular weight is 998 g/mol. The Labute approximate surface area is 275 Å². The highest BCUT2D eigenvalue weighted by Gasteiger charge is 2.96. The lowest BCUT2D eigenvalue weighted by Gasteiger charge is -2.42. The van der Waals surface area contributed by atoms with Gasteiger partial charge in [0.1, 0.15) is 0 Å². The summed E-state index contributed by atoms with van der Waals surface area (Å²) in [6.45, 7) is 0. The summed E-state index contributed by atoms with van der Waals surface area (Å²) in [5.74, 6) is -99.1. The number of hydrogen-bond acceptors (Lipinski definition) is 0. The van der Waals surface area contributed by atoms with Crippen molar-refractivity contribution in [3.63, 3.8) is 0 Å². The highest BCUT2D eigenvalue weighted by molar-refractivity contribution is 9.10. The van der Waals surface area contributed by atoms with Gasteiger partial charge in [-0.15, -0.1) is 0 Å². The summed E-state index contributed by atoms with van der Waals surface area (Å²) >= 11 is 0.719. The SMILES string of the molecule is FC(F)(F)C(F)(F)C(F)(F)C(F)(F)C(F)(F)C(F)(F)C(F)(F)C(F)(F)Br.FC(F)(F)C(F)(F)C(F)(F)C(F)(F)C(F)(F)C(F)(F)C(F)(F)C(F)(F)Br. The van der Waals surface area contributed by atoms with E-state index in [1.54, 1.807) is 0 Å². The second-order valence-electron chi connectivity index (χ2n) is 8.88. The summed E-state index contributed by atoms with van der Waals surface area (Å²) in [4.78, 5) is -13.0. The van der Waals surface area contributed by atoms with Gasteiger partial charge in [0.2, 0.25) is 0 Å². The highest BCUT2D eigenvalue weighted by Crippen LogP contribution is 2.66. The third-order valence-corrected chi connectivity index (χ3v) is 6.36. The van der Waals surface area contributed by atoms with Crippen LogP contribution >= 0.6 is 31.9 Å². The van der Waals surface area contributed by atoms with Crippen LogP contribution in [0.4, 0.5) is 149 Å². The van der Waals surface area contributed by atoms with E-state index in [1.807, 2.05) is 0 Å². The van der Waals surface area contributed by atoms with Gasteiger partial charge in [0.15, 0.2) is 0 Å². The van der Waals surface area contributed by atoms with E-state index in [-0.39, 0.29) is 0 Å². The molecule has 0 saturated heterocycles. The van der Waals surface area contributed by atoms with Gasteiger partial charge in [0.25, 0.3) is 0 Å². The summed E-state index contributed by atoms with van der Waals surface area (Å²) in [7, 11) is 0. The third-order valence-electron chi connectivity index (χ3n) is 5.37. The van der Waals surface area contributed by atoms with Gasteiger partial charge < -0.3 is 0 Å². The summed E-state index contributed by atoms with van der Waals surface area (Å²) in [5.41, 5.74) is 0. The van der Waals surface area contributed by atoms with Crippen LogP contribution in [0.15, 0.2) is 0 Å². The van der Waals surface area contributed by atoms with Crippen LogP contribution < -0.4 is 0 Å². The van der Waals surface area contributed by atoms with Gasteiger partial charge in [-0.2, -0.15) is 149 Å². The molecule has 0 spiro atoms. The molecule has 0 rings (SSSR count). The summed E-state index contributed by atoms with van der Waals surface area (Å²) in [6.07, 6.45) is -15.5. The molecule has 0 aromatic rings. The smallest absolute Gasteiger partial charge is 0.192 e. The van der Waals surface area contributed by atoms with E-state index in [0.717, 1.165) is 0 Å². The van der Waals surface area contributed by atoms with E-state index >= 15 is 0 Å². The fourth-order valence-corrected chi connectivity index (χ4v) is 2.79. The predicted molar refractivity (Wildman–Crippen MR) is 99.2 cm³/mol. The van der Waals surface area contributed by atoms with Gasteiger partial charge in [-0.3, -0.25) is 0 Å². The zero-order chi connectivity index (χ0) is 44.0. The molecule has 0 aliphatic rings. The topological polar surface area (TPSA) is 0 Å². The minimum Gasteiger partial charge on any atom is -0.192 e. The van der Waals surface area contributed by atoms with Gasteiger partial charge in [0.05, 0.1) is 0 Å². The van der Waals surface area contributed by atoms with E-state index in [9.17, 15) is 149 Å². The Bertz CT molecular complexity index is 1040. The second kappa shape index (κ2) is 13.1. The first-order chi connectivity index (χ1) is 21.5. The lowest BCUT2D eigenvalue weighted by atomic mass is 9.91. The zero-order valence-corrected chi connectivity index (χ0v) is 24.8. The van der Waals surface area contributed by atoms with Crippen LogP contribution in [0, 0.1) is 0 Å². The van der Waals surface area contributed by atoms with Gasteiger partial charge >= 0.3 is 93.1 Å². The monoisotopic (exact) mass is 996 g/mol. The fraction of sp³-hybridized carbons (Fsp3) is 1.00. The first-order valence-electron chi connectivity index (χ1n) is 10.3. The Morgan fingerprint density at radius 2 is 0.250 bits per heavy atom. The maximum atomic E-state index is 12.9. The molecule has 0 aliphatic carbocycles. The molecule has 0 aromatic heterocycles. The number of alkyl halides is 36. The van der Waals surface area contributed by atoms with E-state index < -0.39 is 93.1 Å². The Morgan fingerprint density at radius 3 is 0.346 bits per heavy atom. The minimum absolute atomic E-state index is 0.360. The van der Waals surface area contributed by atoms with E-state index in [4.69, 9.17) is 0 Å². The summed E-state index contributed by atoms with van der Waals surface area (Å²) in [6, 6.07) is 0. The first-order valence-corrected chi connectivity index (χ1v) is 11.9. The molecule has 0 unspecified atom stereocenters. The molecule has 0 N–H and O–H groups in total. The van der Waals surface area contributed by atoms with Crippen LogP contribution in [0.5, 0.6) is 0 Å². The Hall–Kier alpha value is -1.42. The molecule has 52 heavy (non-hydrogen) atoms. The normalized spacial score (nSPS) is 16.8. The molecule has 0 nitrogen and oxygen atoms in total. The molecule has 0 bridgehead atoms. The maximum absolute atomic E-state index is 12.9. The maximum Gasteiger partial charge on any atom is 0.460 e. The summed E-state index contributed by atoms with van der Waals surface area (Å²) < 4.78 is 424. The van der Waals surface area contributed by atoms with Crippen molar-refractivity contribution >= 4 is 31.9 Å². The van der Waals surface area contributed by atoms with Gasteiger partial charge in [0, 0.05) is 0 Å². The average Bonchev–Trinajstić information content (AvgIpc) is 2.85. The number of rotatable bonds is 12. The highest BCUT2D eigenvalue weighted by atomic mass is 79.9. The van der Waals surface area contributed by atoms with Crippen LogP contribution in [-0.2, 0) is 0 Å². The Morgan fingerprint density at radius 1 is 0.154 bits per heavy atom. The molecule has 0 amide bonds. The standard InChI is InChI=1S/2C8BrF17/c2*9-7(22,23)5(18,19)3(14,15)1(10,11)2(12,13)4(16,17)6(20,21)8(24,25)26. The molecule has 0 radical (unpaired) electrons. The van der Waals surface area contributed by atoms with Crippen molar-refractivity contribution in [1.82, 2.24) is 0 Å². The van der Waals surface area contributed by atoms with E-state index in [0.29, 0.717) is 31.9 Å². The second-order valence-corrected chi connectivity index (χ2v) is 10.9. The van der Waals surface area contributed by atoms with Crippen LogP contribution in [0.1, 0.15) is 0 Å². The molecule has 36 heteroatoms. The molecule has 0 atom stereocenters. The first kappa shape index (κ1) is 52.7. The number of halogens is 36. The largest absolute Gasteiger partial charge is 0.460 e. The van der Waals surface area contributed by atoms with Crippen molar-refractivity contribution < 1.29 is 149 Å². The molecule has 316 valence electrons. The lowest BCUT2D eigenvalue weighted by molar-refractivity contribution is -0.457. The zero-order valence-electron chi connectivity index (χ0n) is 21.6. The molecule has 0 saturated carbocycles. The van der Waals surface area contributed by atoms with Crippen LogP contribution in [0.3, 0.4) is 0 Å². The Kier molecular flexibility index (Phi) is 13.3. The molecule has 0 aliphatic heterocycles. The summed E-state index contributed by atoms with van der Waals surface area (Å²) in [5, 5.41) is 0. The predicted octanol–water partition coefficient (Wildman–Crippen LogP) is 12.7. The van der Waals surface area contributed by atoms with Crippen molar-refractivity contribution in [2.45, 2.75) is 93.1 Å². The fourth-order valence-electron chi connectivity index (χ4n) is 2.29. The van der Waals surface area contributed by atoms with Crippen LogP contribution in [0.2, 0.25) is 0 Å². The molecule has 0 fully saturated rings. The third kappa shape index (κ3) is 7.09. The van der Waals surface area contributed by atoms with Gasteiger partial charge in [-0.05, 0) is 31.9 Å². The minimum atomic E-state index is -8.58. The number of hydrogen-bond donors (Lipinski definition) is 0. The van der Waals surface area contributed by atoms with Crippen molar-refractivity contribution in [2.75, 3.05) is 0 Å². The van der Waals surface area contributed by atoms with Crippen molar-refractivity contribution in [2.24, 2.45) is 0 Å². The van der Waals surface area contributed by atoms with Crippen LogP contribution in [-0.4, -0.2) is 93.1 Å². The van der Waals surface area contributed by atoms with E-state index in [2.05, 4.69) is 0 Å². The molecular weight excluding hydrogens is 998 g/mol. The van der Waals surface area contributed by atoms with Crippen LogP contribution in [0.25, 0.3) is 0 Å².